The number of imide groups is 1. The molecule has 154 valence electrons. The van der Waals surface area contributed by atoms with Crippen LogP contribution in [0.4, 0.5) is 4.79 Å². The van der Waals surface area contributed by atoms with Gasteiger partial charge in [0.1, 0.15) is 6.61 Å². The standard InChI is InChI=1S/C22H19IN2O4S/c1-13(2)25-21(26)19(30-22(25)27)10-14-8-17(23)20(18(9-14)28-3)29-12-16-7-5-4-6-15(16)11-24/h4-10,13H,12H2,1-3H3/b19-10+. The summed E-state index contributed by atoms with van der Waals surface area (Å²) >= 11 is 3.07. The average molecular weight is 534 g/mol. The smallest absolute Gasteiger partial charge is 0.293 e. The molecule has 1 heterocycles. The van der Waals surface area contributed by atoms with Crippen LogP contribution in [0.2, 0.25) is 0 Å². The van der Waals surface area contributed by atoms with Gasteiger partial charge >= 0.3 is 0 Å². The number of carbonyl (C=O) groups excluding carboxylic acids is 2. The molecule has 0 aromatic heterocycles. The molecule has 3 rings (SSSR count). The van der Waals surface area contributed by atoms with Crippen LogP contribution in [0, 0.1) is 14.9 Å². The minimum atomic E-state index is -0.289. The lowest BCUT2D eigenvalue weighted by molar-refractivity contribution is -0.123. The zero-order valence-corrected chi connectivity index (χ0v) is 19.6. The second kappa shape index (κ2) is 9.53. The first kappa shape index (κ1) is 22.2. The molecular weight excluding hydrogens is 515 g/mol. The molecule has 2 amide bonds. The Balaban J connectivity index is 1.87. The summed E-state index contributed by atoms with van der Waals surface area (Å²) < 4.78 is 12.2. The third-order valence-corrected chi connectivity index (χ3v) is 6.08. The molecular formula is C22H19IN2O4S. The summed E-state index contributed by atoms with van der Waals surface area (Å²) in [6, 6.07) is 12.8. The van der Waals surface area contributed by atoms with E-state index in [0.29, 0.717) is 22.0 Å². The van der Waals surface area contributed by atoms with Crippen molar-refractivity contribution in [2.75, 3.05) is 7.11 Å². The number of benzene rings is 2. The zero-order valence-electron chi connectivity index (χ0n) is 16.6. The molecule has 30 heavy (non-hydrogen) atoms. The van der Waals surface area contributed by atoms with Gasteiger partial charge in [0.25, 0.3) is 11.1 Å². The first-order valence-electron chi connectivity index (χ1n) is 9.11. The van der Waals surface area contributed by atoms with Crippen LogP contribution in [0.5, 0.6) is 11.5 Å². The number of halogens is 1. The number of hydrogen-bond acceptors (Lipinski definition) is 6. The van der Waals surface area contributed by atoms with E-state index < -0.39 is 0 Å². The highest BCUT2D eigenvalue weighted by atomic mass is 127. The number of ether oxygens (including phenoxy) is 2. The Bertz CT molecular complexity index is 1080. The molecule has 1 saturated heterocycles. The average Bonchev–Trinajstić information content (AvgIpc) is 3.00. The van der Waals surface area contributed by atoms with Gasteiger partial charge < -0.3 is 9.47 Å². The van der Waals surface area contributed by atoms with Crippen LogP contribution in [0.1, 0.15) is 30.5 Å². The normalized spacial score (nSPS) is 15.1. The molecule has 2 aromatic carbocycles. The number of nitrogens with zero attached hydrogens (tertiary/aromatic N) is 2. The third kappa shape index (κ3) is 4.63. The van der Waals surface area contributed by atoms with Gasteiger partial charge in [0.15, 0.2) is 11.5 Å². The van der Waals surface area contributed by atoms with Gasteiger partial charge in [0, 0.05) is 11.6 Å². The lowest BCUT2D eigenvalue weighted by Gasteiger charge is -2.16. The molecule has 0 spiro atoms. The van der Waals surface area contributed by atoms with Gasteiger partial charge in [-0.3, -0.25) is 14.5 Å². The highest BCUT2D eigenvalue weighted by Gasteiger charge is 2.36. The van der Waals surface area contributed by atoms with Gasteiger partial charge in [0.2, 0.25) is 0 Å². The van der Waals surface area contributed by atoms with Crippen LogP contribution >= 0.6 is 34.4 Å². The van der Waals surface area contributed by atoms with Gasteiger partial charge in [-0.25, -0.2) is 0 Å². The predicted octanol–water partition coefficient (Wildman–Crippen LogP) is 5.20. The first-order chi connectivity index (χ1) is 14.3. The summed E-state index contributed by atoms with van der Waals surface area (Å²) in [4.78, 5) is 26.3. The maximum absolute atomic E-state index is 12.5. The molecule has 0 N–H and O–H groups in total. The number of nitriles is 1. The van der Waals surface area contributed by atoms with E-state index in [2.05, 4.69) is 28.7 Å². The predicted molar refractivity (Wildman–Crippen MR) is 124 cm³/mol. The number of methoxy groups -OCH3 is 1. The molecule has 1 fully saturated rings. The molecule has 0 bridgehead atoms. The number of carbonyl (C=O) groups is 2. The van der Waals surface area contributed by atoms with Gasteiger partial charge in [0.05, 0.1) is 27.2 Å². The maximum Gasteiger partial charge on any atom is 0.293 e. The molecule has 0 aliphatic carbocycles. The van der Waals surface area contributed by atoms with E-state index >= 15 is 0 Å². The second-order valence-corrected chi connectivity index (χ2v) is 8.89. The van der Waals surface area contributed by atoms with E-state index in [1.807, 2.05) is 38.1 Å². The van der Waals surface area contributed by atoms with Crippen molar-refractivity contribution in [3.63, 3.8) is 0 Å². The largest absolute Gasteiger partial charge is 0.493 e. The fourth-order valence-electron chi connectivity index (χ4n) is 2.94. The Hall–Kier alpha value is -2.51. The van der Waals surface area contributed by atoms with Crippen molar-refractivity contribution >= 4 is 51.6 Å². The van der Waals surface area contributed by atoms with Gasteiger partial charge in [-0.1, -0.05) is 18.2 Å². The summed E-state index contributed by atoms with van der Waals surface area (Å²) in [5.74, 6) is 0.770. The molecule has 0 saturated carbocycles. The molecule has 0 unspecified atom stereocenters. The quantitative estimate of drug-likeness (QED) is 0.375. The lowest BCUT2D eigenvalue weighted by atomic mass is 10.1. The zero-order chi connectivity index (χ0) is 21.8. The van der Waals surface area contributed by atoms with Crippen molar-refractivity contribution in [3.8, 4) is 17.6 Å². The third-order valence-electron chi connectivity index (χ3n) is 4.40. The molecule has 8 heteroatoms. The highest BCUT2D eigenvalue weighted by Crippen LogP contribution is 2.38. The summed E-state index contributed by atoms with van der Waals surface area (Å²) in [5, 5.41) is 8.98. The van der Waals surface area contributed by atoms with E-state index in [9.17, 15) is 14.9 Å². The van der Waals surface area contributed by atoms with E-state index in [1.165, 1.54) is 12.0 Å². The van der Waals surface area contributed by atoms with E-state index in [1.54, 1.807) is 18.2 Å². The summed E-state index contributed by atoms with van der Waals surface area (Å²) in [6.07, 6.45) is 1.69. The van der Waals surface area contributed by atoms with E-state index in [4.69, 9.17) is 9.47 Å². The lowest BCUT2D eigenvalue weighted by Crippen LogP contribution is -2.34. The number of rotatable bonds is 6. The first-order valence-corrected chi connectivity index (χ1v) is 11.0. The SMILES string of the molecule is COc1cc(/C=C2/SC(=O)N(C(C)C)C2=O)cc(I)c1OCc1ccccc1C#N. The van der Waals surface area contributed by atoms with Crippen molar-refractivity contribution in [2.45, 2.75) is 26.5 Å². The molecule has 1 aliphatic heterocycles. The van der Waals surface area contributed by atoms with Crippen molar-refractivity contribution in [1.29, 1.82) is 5.26 Å². The van der Waals surface area contributed by atoms with Crippen LogP contribution in [-0.2, 0) is 11.4 Å². The minimum absolute atomic E-state index is 0.190. The van der Waals surface area contributed by atoms with Crippen LogP contribution in [0.3, 0.4) is 0 Å². The molecule has 0 atom stereocenters. The van der Waals surface area contributed by atoms with Crippen molar-refractivity contribution in [3.05, 3.63) is 61.6 Å². The Kier molecular flexibility index (Phi) is 7.05. The van der Waals surface area contributed by atoms with Crippen molar-refractivity contribution < 1.29 is 19.1 Å². The molecule has 6 nitrogen and oxygen atoms in total. The number of thioether (sulfide) groups is 1. The van der Waals surface area contributed by atoms with Crippen LogP contribution in [0.25, 0.3) is 6.08 Å². The van der Waals surface area contributed by atoms with Crippen LogP contribution in [0.15, 0.2) is 41.3 Å². The second-order valence-electron chi connectivity index (χ2n) is 6.74. The summed E-state index contributed by atoms with van der Waals surface area (Å²) in [7, 11) is 1.54. The van der Waals surface area contributed by atoms with E-state index in [0.717, 1.165) is 26.5 Å². The monoisotopic (exact) mass is 534 g/mol. The minimum Gasteiger partial charge on any atom is -0.493 e. The Labute approximate surface area is 193 Å². The molecule has 0 radical (unpaired) electrons. The van der Waals surface area contributed by atoms with Crippen LogP contribution < -0.4 is 9.47 Å². The number of hydrogen-bond donors (Lipinski definition) is 0. The topological polar surface area (TPSA) is 79.6 Å². The van der Waals surface area contributed by atoms with Crippen molar-refractivity contribution in [1.82, 2.24) is 4.90 Å². The summed E-state index contributed by atoms with van der Waals surface area (Å²) in [5.41, 5.74) is 2.07. The number of amides is 2. The van der Waals surface area contributed by atoms with Crippen LogP contribution in [-0.4, -0.2) is 29.2 Å². The summed E-state index contributed by atoms with van der Waals surface area (Å²) in [6.45, 7) is 3.84. The fourth-order valence-corrected chi connectivity index (χ4v) is 4.69. The Morgan fingerprint density at radius 1 is 1.27 bits per heavy atom. The Morgan fingerprint density at radius 3 is 2.63 bits per heavy atom. The van der Waals surface area contributed by atoms with E-state index in [-0.39, 0.29) is 23.8 Å². The van der Waals surface area contributed by atoms with Crippen molar-refractivity contribution in [2.24, 2.45) is 0 Å². The molecule has 2 aromatic rings. The molecule has 1 aliphatic rings. The fraction of sp³-hybridized carbons (Fsp3) is 0.227. The van der Waals surface area contributed by atoms with Gasteiger partial charge in [-0.15, -0.1) is 0 Å². The Morgan fingerprint density at radius 2 is 2.00 bits per heavy atom. The van der Waals surface area contributed by atoms with Gasteiger partial charge in [-0.05, 0) is 78.0 Å². The maximum atomic E-state index is 12.5. The van der Waals surface area contributed by atoms with Gasteiger partial charge in [-0.2, -0.15) is 5.26 Å². The highest BCUT2D eigenvalue weighted by molar-refractivity contribution is 14.1.